The Bertz CT molecular complexity index is 1610. The molecule has 0 fully saturated rings. The summed E-state index contributed by atoms with van der Waals surface area (Å²) < 4.78 is 5.88. The minimum absolute atomic E-state index is 0.110. The number of aromatic nitrogens is 2. The number of carbonyl (C=O) groups is 3. The molecule has 1 atom stereocenters. The van der Waals surface area contributed by atoms with E-state index in [0.29, 0.717) is 10.7 Å². The van der Waals surface area contributed by atoms with E-state index in [4.69, 9.17) is 9.84 Å². The van der Waals surface area contributed by atoms with Gasteiger partial charge < -0.3 is 20.5 Å². The largest absolute Gasteiger partial charge is 0.494 e. The summed E-state index contributed by atoms with van der Waals surface area (Å²) in [6, 6.07) is 18.1. The third kappa shape index (κ3) is 12.4. The van der Waals surface area contributed by atoms with Crippen molar-refractivity contribution in [3.63, 3.8) is 0 Å². The molecule has 0 saturated carbocycles. The summed E-state index contributed by atoms with van der Waals surface area (Å²) in [5.41, 5.74) is 3.36. The second-order valence-corrected chi connectivity index (χ2v) is 13.6. The molecule has 0 spiro atoms. The van der Waals surface area contributed by atoms with Crippen molar-refractivity contribution in [1.29, 1.82) is 0 Å². The van der Waals surface area contributed by atoms with Gasteiger partial charge in [-0.1, -0.05) is 104 Å². The van der Waals surface area contributed by atoms with Crippen LogP contribution in [-0.2, 0) is 21.4 Å². The van der Waals surface area contributed by atoms with E-state index in [2.05, 4.69) is 48.3 Å². The molecular formula is C39H50N4O5S. The summed E-state index contributed by atoms with van der Waals surface area (Å²) in [5.74, 6) is -0.713. The van der Waals surface area contributed by atoms with Crippen LogP contribution in [0.3, 0.4) is 0 Å². The number of nitrogens with zero attached hydrogens (tertiary/aromatic N) is 2. The first-order valence-corrected chi connectivity index (χ1v) is 17.9. The number of thiophene rings is 1. The lowest BCUT2D eigenvalue weighted by atomic mass is 9.95. The summed E-state index contributed by atoms with van der Waals surface area (Å²) in [6.45, 7) is 12.6. The maximum atomic E-state index is 13.1. The number of benzene rings is 2. The molecule has 2 heterocycles. The lowest BCUT2D eigenvalue weighted by molar-refractivity contribution is -0.138. The van der Waals surface area contributed by atoms with E-state index < -0.39 is 24.5 Å². The van der Waals surface area contributed by atoms with Gasteiger partial charge in [-0.15, -0.1) is 11.3 Å². The van der Waals surface area contributed by atoms with Crippen molar-refractivity contribution in [2.75, 3.05) is 13.2 Å². The Morgan fingerprint density at radius 2 is 1.47 bits per heavy atom. The van der Waals surface area contributed by atoms with Gasteiger partial charge in [-0.05, 0) is 47.2 Å². The highest BCUT2D eigenvalue weighted by molar-refractivity contribution is 7.14. The van der Waals surface area contributed by atoms with Crippen molar-refractivity contribution >= 4 is 29.1 Å². The fourth-order valence-electron chi connectivity index (χ4n) is 4.88. The Morgan fingerprint density at radius 3 is 2.06 bits per heavy atom. The fraction of sp³-hybridized carbons (Fsp3) is 0.410. The molecule has 0 radical (unpaired) electrons. The average Bonchev–Trinajstić information content (AvgIpc) is 3.62. The second-order valence-electron chi connectivity index (χ2n) is 12.5. The summed E-state index contributed by atoms with van der Waals surface area (Å²) in [5, 5.41) is 14.2. The van der Waals surface area contributed by atoms with Gasteiger partial charge in [0, 0.05) is 34.8 Å². The number of rotatable bonds is 16. The molecule has 4 aromatic rings. The quantitative estimate of drug-likeness (QED) is 0.102. The van der Waals surface area contributed by atoms with Gasteiger partial charge in [0.15, 0.2) is 5.82 Å². The van der Waals surface area contributed by atoms with Gasteiger partial charge in [0.1, 0.15) is 18.3 Å². The number of carboxylic acids is 1. The Kier molecular flexibility index (Phi) is 15.4. The number of hydrogen-bond acceptors (Lipinski definition) is 7. The number of carboxylic acid groups (broad SMARTS) is 1. The number of ether oxygens (including phenoxy) is 1. The van der Waals surface area contributed by atoms with Crippen LogP contribution >= 0.6 is 11.3 Å². The van der Waals surface area contributed by atoms with E-state index >= 15 is 0 Å². The SMILES string of the molecule is CC.CCCCCCCOc1ccc(-c2cnc(-c3ccc(CC(NC(=O)c4ccc(C(C)(C)C)s4)C(=O)NCC(=O)O)cc3)nc2)cc1. The monoisotopic (exact) mass is 686 g/mol. The lowest BCUT2D eigenvalue weighted by Crippen LogP contribution is -2.49. The number of nitrogens with one attached hydrogen (secondary N) is 2. The van der Waals surface area contributed by atoms with Gasteiger partial charge in [0.2, 0.25) is 5.91 Å². The predicted octanol–water partition coefficient (Wildman–Crippen LogP) is 8.09. The van der Waals surface area contributed by atoms with Crippen molar-refractivity contribution in [2.24, 2.45) is 0 Å². The predicted molar refractivity (Wildman–Crippen MR) is 197 cm³/mol. The van der Waals surface area contributed by atoms with Crippen molar-refractivity contribution in [3.05, 3.63) is 88.4 Å². The summed E-state index contributed by atoms with van der Waals surface area (Å²) >= 11 is 1.37. The van der Waals surface area contributed by atoms with E-state index in [1.807, 2.05) is 68.4 Å². The van der Waals surface area contributed by atoms with Crippen LogP contribution in [0.5, 0.6) is 5.75 Å². The van der Waals surface area contributed by atoms with Gasteiger partial charge in [-0.2, -0.15) is 0 Å². The number of amides is 2. The fourth-order valence-corrected chi connectivity index (χ4v) is 5.85. The highest BCUT2D eigenvalue weighted by Gasteiger charge is 2.25. The molecule has 0 saturated heterocycles. The van der Waals surface area contributed by atoms with Crippen LogP contribution in [0.2, 0.25) is 0 Å². The highest BCUT2D eigenvalue weighted by Crippen LogP contribution is 2.29. The van der Waals surface area contributed by atoms with E-state index in [-0.39, 0.29) is 17.7 Å². The molecule has 0 aliphatic carbocycles. The van der Waals surface area contributed by atoms with E-state index in [1.165, 1.54) is 37.0 Å². The standard InChI is InChI=1S/C37H44N4O5S.C2H6/c1-5-6-7-8-9-20-46-29-16-14-26(15-17-29)28-22-38-34(39-23-28)27-12-10-25(11-13-27)21-30(35(44)40-24-33(42)43)41-36(45)31-18-19-32(47-31)37(2,3)4;1-2/h10-19,22-23,30H,5-9,20-21,24H2,1-4H3,(H,40,44)(H,41,45)(H,42,43);1-2H3. The molecule has 2 aromatic heterocycles. The molecule has 10 heteroatoms. The van der Waals surface area contributed by atoms with Gasteiger partial charge in [0.25, 0.3) is 5.91 Å². The molecule has 0 bridgehead atoms. The zero-order valence-electron chi connectivity index (χ0n) is 29.5. The van der Waals surface area contributed by atoms with Gasteiger partial charge in [-0.3, -0.25) is 14.4 Å². The van der Waals surface area contributed by atoms with Crippen LogP contribution < -0.4 is 15.4 Å². The molecule has 4 rings (SSSR count). The van der Waals surface area contributed by atoms with E-state index in [0.717, 1.165) is 45.9 Å². The zero-order valence-corrected chi connectivity index (χ0v) is 30.4. The molecular weight excluding hydrogens is 637 g/mol. The summed E-state index contributed by atoms with van der Waals surface area (Å²) in [7, 11) is 0. The maximum absolute atomic E-state index is 13.1. The molecule has 1 unspecified atom stereocenters. The Hall–Kier alpha value is -4.57. The van der Waals surface area contributed by atoms with E-state index in [9.17, 15) is 14.4 Å². The van der Waals surface area contributed by atoms with Crippen LogP contribution in [0.1, 0.15) is 93.8 Å². The first kappa shape index (κ1) is 38.9. The third-order valence-corrected chi connectivity index (χ3v) is 9.12. The van der Waals surface area contributed by atoms with E-state index in [1.54, 1.807) is 18.5 Å². The molecule has 262 valence electrons. The van der Waals surface area contributed by atoms with Gasteiger partial charge in [0.05, 0.1) is 11.5 Å². The maximum Gasteiger partial charge on any atom is 0.322 e. The highest BCUT2D eigenvalue weighted by atomic mass is 32.1. The molecule has 3 N–H and O–H groups in total. The van der Waals surface area contributed by atoms with Crippen molar-refractivity contribution in [1.82, 2.24) is 20.6 Å². The van der Waals surface area contributed by atoms with Crippen LogP contribution in [0.4, 0.5) is 0 Å². The minimum Gasteiger partial charge on any atom is -0.494 e. The number of carbonyl (C=O) groups excluding carboxylic acids is 2. The van der Waals surface area contributed by atoms with Crippen molar-refractivity contribution < 1.29 is 24.2 Å². The third-order valence-electron chi connectivity index (χ3n) is 7.61. The topological polar surface area (TPSA) is 131 Å². The molecule has 9 nitrogen and oxygen atoms in total. The first-order chi connectivity index (χ1) is 23.5. The van der Waals surface area contributed by atoms with Crippen LogP contribution in [0.25, 0.3) is 22.5 Å². The van der Waals surface area contributed by atoms with Crippen molar-refractivity contribution in [2.45, 2.75) is 91.5 Å². The minimum atomic E-state index is -1.17. The number of aliphatic carboxylic acids is 1. The Balaban J connectivity index is 0.00000319. The normalized spacial score (nSPS) is 11.6. The van der Waals surface area contributed by atoms with Crippen LogP contribution in [-0.4, -0.2) is 52.1 Å². The van der Waals surface area contributed by atoms with Gasteiger partial charge in [-0.25, -0.2) is 9.97 Å². The average molecular weight is 687 g/mol. The molecule has 2 amide bonds. The smallest absolute Gasteiger partial charge is 0.322 e. The Labute approximate surface area is 294 Å². The molecule has 0 aliphatic rings. The molecule has 49 heavy (non-hydrogen) atoms. The Morgan fingerprint density at radius 1 is 0.837 bits per heavy atom. The molecule has 0 aliphatic heterocycles. The number of unbranched alkanes of at least 4 members (excludes halogenated alkanes) is 4. The van der Waals surface area contributed by atoms with Gasteiger partial charge >= 0.3 is 5.97 Å². The summed E-state index contributed by atoms with van der Waals surface area (Å²) in [6.07, 6.45) is 9.76. The zero-order chi connectivity index (χ0) is 35.8. The molecule has 2 aromatic carbocycles. The first-order valence-electron chi connectivity index (χ1n) is 17.1. The van der Waals surface area contributed by atoms with Crippen LogP contribution in [0, 0.1) is 0 Å². The number of hydrogen-bond donors (Lipinski definition) is 3. The van der Waals surface area contributed by atoms with Crippen LogP contribution in [0.15, 0.2) is 73.1 Å². The van der Waals surface area contributed by atoms with Crippen molar-refractivity contribution in [3.8, 4) is 28.3 Å². The lowest BCUT2D eigenvalue weighted by Gasteiger charge is -2.18. The second kappa shape index (κ2) is 19.4. The summed E-state index contributed by atoms with van der Waals surface area (Å²) in [4.78, 5) is 47.7.